The van der Waals surface area contributed by atoms with Gasteiger partial charge in [-0.1, -0.05) is 0 Å². The first-order valence-corrected chi connectivity index (χ1v) is 7.55. The summed E-state index contributed by atoms with van der Waals surface area (Å²) >= 11 is 0. The van der Waals surface area contributed by atoms with Crippen molar-refractivity contribution in [3.05, 3.63) is 0 Å². The second-order valence-electron chi connectivity index (χ2n) is 4.75. The van der Waals surface area contributed by atoms with E-state index in [1.54, 1.807) is 4.90 Å². The molecule has 2 N–H and O–H groups in total. The second kappa shape index (κ2) is 4.33. The van der Waals surface area contributed by atoms with Crippen molar-refractivity contribution in [2.24, 2.45) is 5.73 Å². The highest BCUT2D eigenvalue weighted by Gasteiger charge is 2.34. The minimum atomic E-state index is -3.13. The van der Waals surface area contributed by atoms with Gasteiger partial charge in [0.2, 0.25) is 5.91 Å². The van der Waals surface area contributed by atoms with E-state index in [1.165, 1.54) is 0 Å². The predicted molar refractivity (Wildman–Crippen MR) is 60.6 cm³/mol. The van der Waals surface area contributed by atoms with Gasteiger partial charge in [0.1, 0.15) is 5.75 Å². The molecular formula is C10H18N2O3S. The Labute approximate surface area is 95.9 Å². The quantitative estimate of drug-likeness (QED) is 0.677. The number of carbonyl (C=O) groups excluding carboxylic acids is 1. The van der Waals surface area contributed by atoms with Crippen LogP contribution >= 0.6 is 0 Å². The first-order chi connectivity index (χ1) is 7.48. The van der Waals surface area contributed by atoms with Crippen molar-refractivity contribution in [3.63, 3.8) is 0 Å². The lowest BCUT2D eigenvalue weighted by atomic mass is 9.90. The maximum absolute atomic E-state index is 11.7. The zero-order valence-electron chi connectivity index (χ0n) is 9.26. The summed E-state index contributed by atoms with van der Waals surface area (Å²) in [4.78, 5) is 13.4. The Morgan fingerprint density at radius 3 is 2.38 bits per heavy atom. The second-order valence-corrected chi connectivity index (χ2v) is 6.93. The van der Waals surface area contributed by atoms with Crippen molar-refractivity contribution in [2.75, 3.05) is 18.1 Å². The smallest absolute Gasteiger partial charge is 0.238 e. The molecule has 92 valence electrons. The van der Waals surface area contributed by atoms with Crippen molar-refractivity contribution >= 4 is 15.7 Å². The van der Waals surface area contributed by atoms with Gasteiger partial charge >= 0.3 is 0 Å². The van der Waals surface area contributed by atoms with Gasteiger partial charge in [0.15, 0.2) is 9.84 Å². The monoisotopic (exact) mass is 246 g/mol. The Bertz CT molecular complexity index is 372. The molecule has 0 aromatic rings. The van der Waals surface area contributed by atoms with Crippen LogP contribution in [0.5, 0.6) is 0 Å². The molecule has 1 aliphatic heterocycles. The minimum Gasteiger partial charge on any atom is -0.338 e. The van der Waals surface area contributed by atoms with Gasteiger partial charge in [0, 0.05) is 18.6 Å². The van der Waals surface area contributed by atoms with E-state index < -0.39 is 9.84 Å². The average molecular weight is 246 g/mol. The molecule has 2 aliphatic rings. The summed E-state index contributed by atoms with van der Waals surface area (Å²) < 4.78 is 22.5. The highest BCUT2D eigenvalue weighted by Crippen LogP contribution is 2.23. The molecule has 0 aromatic carbocycles. The van der Waals surface area contributed by atoms with E-state index in [-0.39, 0.29) is 29.5 Å². The molecule has 0 radical (unpaired) electrons. The number of sulfone groups is 1. The third-order valence-electron chi connectivity index (χ3n) is 3.49. The van der Waals surface area contributed by atoms with E-state index in [0.29, 0.717) is 6.54 Å². The summed E-state index contributed by atoms with van der Waals surface area (Å²) in [6.07, 6.45) is 3.68. The van der Waals surface area contributed by atoms with E-state index in [2.05, 4.69) is 0 Å². The molecule has 2 fully saturated rings. The summed E-state index contributed by atoms with van der Waals surface area (Å²) in [6.45, 7) is 0.362. The van der Waals surface area contributed by atoms with Gasteiger partial charge in [0.05, 0.1) is 5.75 Å². The molecule has 0 spiro atoms. The van der Waals surface area contributed by atoms with Crippen molar-refractivity contribution in [3.8, 4) is 0 Å². The number of nitrogens with zero attached hydrogens (tertiary/aromatic N) is 1. The van der Waals surface area contributed by atoms with Gasteiger partial charge in [0.25, 0.3) is 0 Å². The normalized spacial score (nSPS) is 35.1. The predicted octanol–water partition coefficient (Wildman–Crippen LogP) is -0.487. The largest absolute Gasteiger partial charge is 0.338 e. The zero-order chi connectivity index (χ0) is 11.8. The lowest BCUT2D eigenvalue weighted by Gasteiger charge is -2.38. The molecule has 0 atom stereocenters. The maximum atomic E-state index is 11.7. The average Bonchev–Trinajstić information content (AvgIpc) is 2.19. The number of hydrogen-bond acceptors (Lipinski definition) is 4. The van der Waals surface area contributed by atoms with Crippen LogP contribution in [0.15, 0.2) is 0 Å². The van der Waals surface area contributed by atoms with Crippen LogP contribution in [0.25, 0.3) is 0 Å². The molecule has 5 nitrogen and oxygen atoms in total. The molecule has 16 heavy (non-hydrogen) atoms. The van der Waals surface area contributed by atoms with Gasteiger partial charge in [-0.3, -0.25) is 4.79 Å². The molecule has 1 heterocycles. The molecule has 0 aromatic heterocycles. The maximum Gasteiger partial charge on any atom is 0.238 e. The van der Waals surface area contributed by atoms with Crippen LogP contribution in [0.1, 0.15) is 25.7 Å². The van der Waals surface area contributed by atoms with E-state index in [4.69, 9.17) is 5.73 Å². The van der Waals surface area contributed by atoms with E-state index >= 15 is 0 Å². The first kappa shape index (κ1) is 11.9. The minimum absolute atomic E-state index is 0.112. The number of amides is 1. The number of hydrogen-bond donors (Lipinski definition) is 1. The molecule has 1 amide bonds. The Morgan fingerprint density at radius 2 is 1.81 bits per heavy atom. The van der Waals surface area contributed by atoms with Gasteiger partial charge in [-0.05, 0) is 25.7 Å². The van der Waals surface area contributed by atoms with Crippen molar-refractivity contribution in [1.29, 1.82) is 0 Å². The number of rotatable bonds is 1. The molecule has 1 saturated heterocycles. The summed E-state index contributed by atoms with van der Waals surface area (Å²) in [5.74, 6) is -0.427. The summed E-state index contributed by atoms with van der Waals surface area (Å²) in [6, 6.07) is 0.461. The van der Waals surface area contributed by atoms with Crippen LogP contribution in [0.3, 0.4) is 0 Å². The first-order valence-electron chi connectivity index (χ1n) is 5.73. The standard InChI is InChI=1S/C10H18N2O3S/c11-8-1-3-9(4-2-8)12-5-6-16(14,15)7-10(12)13/h8-9H,1-7,11H2. The number of nitrogens with two attached hydrogens (primary N) is 1. The highest BCUT2D eigenvalue weighted by atomic mass is 32.2. The Hall–Kier alpha value is -0.620. The number of carbonyl (C=O) groups is 1. The fourth-order valence-corrected chi connectivity index (χ4v) is 3.67. The third kappa shape index (κ3) is 2.55. The molecular weight excluding hydrogens is 228 g/mol. The summed E-state index contributed by atoms with van der Waals surface area (Å²) in [7, 11) is -3.13. The lowest BCUT2D eigenvalue weighted by Crippen LogP contribution is -2.51. The van der Waals surface area contributed by atoms with E-state index in [0.717, 1.165) is 25.7 Å². The zero-order valence-corrected chi connectivity index (χ0v) is 10.1. The van der Waals surface area contributed by atoms with Crippen LogP contribution in [-0.2, 0) is 14.6 Å². The molecule has 1 saturated carbocycles. The summed E-state index contributed by atoms with van der Waals surface area (Å²) in [5, 5.41) is 0. The van der Waals surface area contributed by atoms with Crippen LogP contribution in [0, 0.1) is 0 Å². The van der Waals surface area contributed by atoms with Crippen LogP contribution in [0.4, 0.5) is 0 Å². The third-order valence-corrected chi connectivity index (χ3v) is 4.98. The molecule has 1 aliphatic carbocycles. The molecule has 0 bridgehead atoms. The Kier molecular flexibility index (Phi) is 3.21. The fraction of sp³-hybridized carbons (Fsp3) is 0.900. The molecule has 0 unspecified atom stereocenters. The van der Waals surface area contributed by atoms with Gasteiger partial charge in [-0.2, -0.15) is 0 Å². The van der Waals surface area contributed by atoms with E-state index in [1.807, 2.05) is 0 Å². The highest BCUT2D eigenvalue weighted by molar-refractivity contribution is 7.92. The van der Waals surface area contributed by atoms with Crippen molar-refractivity contribution < 1.29 is 13.2 Å². The van der Waals surface area contributed by atoms with Crippen LogP contribution in [-0.4, -0.2) is 49.4 Å². The topological polar surface area (TPSA) is 80.5 Å². The van der Waals surface area contributed by atoms with Gasteiger partial charge < -0.3 is 10.6 Å². The van der Waals surface area contributed by atoms with Gasteiger partial charge in [-0.15, -0.1) is 0 Å². The van der Waals surface area contributed by atoms with Crippen LogP contribution in [0.2, 0.25) is 0 Å². The molecule has 6 heteroatoms. The van der Waals surface area contributed by atoms with Gasteiger partial charge in [-0.25, -0.2) is 8.42 Å². The van der Waals surface area contributed by atoms with Crippen molar-refractivity contribution in [2.45, 2.75) is 37.8 Å². The lowest BCUT2D eigenvalue weighted by molar-refractivity contribution is -0.131. The van der Waals surface area contributed by atoms with Crippen LogP contribution < -0.4 is 5.73 Å². The van der Waals surface area contributed by atoms with E-state index in [9.17, 15) is 13.2 Å². The summed E-state index contributed by atoms with van der Waals surface area (Å²) in [5.41, 5.74) is 5.80. The molecule has 2 rings (SSSR count). The Balaban J connectivity index is 1.98. The fourth-order valence-electron chi connectivity index (χ4n) is 2.50. The Morgan fingerprint density at radius 1 is 1.19 bits per heavy atom. The SMILES string of the molecule is NC1CCC(N2CCS(=O)(=O)CC2=O)CC1. The van der Waals surface area contributed by atoms with Crippen molar-refractivity contribution in [1.82, 2.24) is 4.90 Å².